The molecule has 3 aliphatic carbocycles. The third-order valence-corrected chi connectivity index (χ3v) is 7.25. The highest BCUT2D eigenvalue weighted by molar-refractivity contribution is 9.10. The van der Waals surface area contributed by atoms with Crippen molar-refractivity contribution in [2.75, 3.05) is 7.11 Å². The van der Waals surface area contributed by atoms with Crippen molar-refractivity contribution < 1.29 is 4.74 Å². The number of hydrogen-bond donors (Lipinski definition) is 0. The molecular weight excluding hydrogens is 408 g/mol. The van der Waals surface area contributed by atoms with Crippen molar-refractivity contribution in [3.8, 4) is 11.1 Å². The SMILES string of the molecule is COC1=CC2=C(CC1)c1ccccc1C21c2ccccc2-c2c(Br)cccc21. The van der Waals surface area contributed by atoms with E-state index in [2.05, 4.69) is 88.7 Å². The average molecular weight is 427 g/mol. The summed E-state index contributed by atoms with van der Waals surface area (Å²) in [5.41, 5.74) is 10.8. The molecule has 1 atom stereocenters. The van der Waals surface area contributed by atoms with Gasteiger partial charge >= 0.3 is 0 Å². The highest BCUT2D eigenvalue weighted by Gasteiger charge is 2.53. The molecule has 3 aromatic carbocycles. The molecule has 1 unspecified atom stereocenters. The number of fused-ring (bicyclic) bond motifs is 9. The minimum absolute atomic E-state index is 0.258. The topological polar surface area (TPSA) is 9.23 Å². The molecule has 0 bridgehead atoms. The Labute approximate surface area is 173 Å². The summed E-state index contributed by atoms with van der Waals surface area (Å²) in [7, 11) is 1.79. The van der Waals surface area contributed by atoms with Gasteiger partial charge in [0, 0.05) is 16.5 Å². The first-order chi connectivity index (χ1) is 13.8. The minimum Gasteiger partial charge on any atom is -0.501 e. The third kappa shape index (κ3) is 1.82. The molecule has 1 spiro atoms. The van der Waals surface area contributed by atoms with E-state index in [0.29, 0.717) is 0 Å². The lowest BCUT2D eigenvalue weighted by atomic mass is 9.69. The van der Waals surface area contributed by atoms with Crippen molar-refractivity contribution >= 4 is 21.5 Å². The Balaban J connectivity index is 1.82. The van der Waals surface area contributed by atoms with Crippen molar-refractivity contribution in [1.82, 2.24) is 0 Å². The Bertz CT molecular complexity index is 1220. The first-order valence-corrected chi connectivity index (χ1v) is 10.5. The second-order valence-corrected chi connectivity index (χ2v) is 8.56. The van der Waals surface area contributed by atoms with Gasteiger partial charge in [0.05, 0.1) is 18.3 Å². The first-order valence-electron chi connectivity index (χ1n) is 9.73. The van der Waals surface area contributed by atoms with Crippen LogP contribution in [0.2, 0.25) is 0 Å². The molecule has 3 aliphatic rings. The van der Waals surface area contributed by atoms with E-state index >= 15 is 0 Å². The third-order valence-electron chi connectivity index (χ3n) is 6.59. The van der Waals surface area contributed by atoms with E-state index < -0.39 is 0 Å². The van der Waals surface area contributed by atoms with E-state index in [-0.39, 0.29) is 5.41 Å². The van der Waals surface area contributed by atoms with Crippen LogP contribution in [0.4, 0.5) is 0 Å². The molecule has 0 amide bonds. The molecule has 0 aliphatic heterocycles. The maximum atomic E-state index is 5.72. The normalized spacial score (nSPS) is 21.1. The zero-order valence-electron chi connectivity index (χ0n) is 15.6. The quantitative estimate of drug-likeness (QED) is 0.413. The van der Waals surface area contributed by atoms with Gasteiger partial charge in [0.2, 0.25) is 0 Å². The smallest absolute Gasteiger partial charge is 0.0962 e. The van der Waals surface area contributed by atoms with Gasteiger partial charge < -0.3 is 4.74 Å². The highest BCUT2D eigenvalue weighted by Crippen LogP contribution is 2.64. The summed E-state index contributed by atoms with van der Waals surface area (Å²) in [6, 6.07) is 24.5. The fourth-order valence-electron chi connectivity index (χ4n) is 5.56. The van der Waals surface area contributed by atoms with Crippen LogP contribution in [0.15, 0.2) is 88.6 Å². The van der Waals surface area contributed by atoms with Crippen molar-refractivity contribution in [2.24, 2.45) is 0 Å². The molecule has 6 rings (SSSR count). The summed E-state index contributed by atoms with van der Waals surface area (Å²) < 4.78 is 6.88. The van der Waals surface area contributed by atoms with E-state index in [4.69, 9.17) is 4.74 Å². The molecule has 1 nitrogen and oxygen atoms in total. The number of benzene rings is 3. The number of ether oxygens (including phenoxy) is 1. The lowest BCUT2D eigenvalue weighted by Crippen LogP contribution is -2.27. The molecule has 0 fully saturated rings. The number of halogens is 1. The van der Waals surface area contributed by atoms with Crippen molar-refractivity contribution in [2.45, 2.75) is 18.3 Å². The van der Waals surface area contributed by atoms with Crippen molar-refractivity contribution in [3.63, 3.8) is 0 Å². The van der Waals surface area contributed by atoms with Gasteiger partial charge in [0.25, 0.3) is 0 Å². The lowest BCUT2D eigenvalue weighted by Gasteiger charge is -2.32. The Kier molecular flexibility index (Phi) is 3.34. The molecule has 0 radical (unpaired) electrons. The van der Waals surface area contributed by atoms with E-state index in [1.54, 1.807) is 7.11 Å². The fourth-order valence-corrected chi connectivity index (χ4v) is 6.14. The van der Waals surface area contributed by atoms with Gasteiger partial charge in [0.15, 0.2) is 0 Å². The molecular formula is C26H19BrO. The zero-order chi connectivity index (χ0) is 18.9. The molecule has 136 valence electrons. The van der Waals surface area contributed by atoms with E-state index in [1.807, 2.05) is 0 Å². The van der Waals surface area contributed by atoms with Gasteiger partial charge in [-0.25, -0.2) is 0 Å². The molecule has 0 aromatic heterocycles. The van der Waals surface area contributed by atoms with Crippen LogP contribution in [-0.2, 0) is 10.2 Å². The predicted molar refractivity (Wildman–Crippen MR) is 117 cm³/mol. The standard InChI is InChI=1S/C26H19BrO/c1-28-16-13-14-18-17-7-2-4-9-20(17)26(23(18)15-16)21-10-5-3-8-19(21)25-22(26)11-6-12-24(25)27/h2-12,15H,13-14H2,1H3. The summed E-state index contributed by atoms with van der Waals surface area (Å²) in [4.78, 5) is 0. The number of hydrogen-bond acceptors (Lipinski definition) is 1. The summed E-state index contributed by atoms with van der Waals surface area (Å²) in [5.74, 6) is 1.08. The van der Waals surface area contributed by atoms with Crippen LogP contribution in [-0.4, -0.2) is 7.11 Å². The summed E-state index contributed by atoms with van der Waals surface area (Å²) in [6.07, 6.45) is 4.30. The summed E-state index contributed by atoms with van der Waals surface area (Å²) in [5, 5.41) is 0. The molecule has 0 saturated carbocycles. The van der Waals surface area contributed by atoms with Crippen LogP contribution in [0.3, 0.4) is 0 Å². The number of rotatable bonds is 1. The van der Waals surface area contributed by atoms with Crippen molar-refractivity contribution in [1.29, 1.82) is 0 Å². The van der Waals surface area contributed by atoms with Crippen LogP contribution in [0, 0.1) is 0 Å². The van der Waals surface area contributed by atoms with Gasteiger partial charge in [0.1, 0.15) is 0 Å². The minimum atomic E-state index is -0.258. The van der Waals surface area contributed by atoms with Crippen LogP contribution in [0.25, 0.3) is 16.7 Å². The van der Waals surface area contributed by atoms with Crippen LogP contribution < -0.4 is 0 Å². The zero-order valence-corrected chi connectivity index (χ0v) is 17.2. The summed E-state index contributed by atoms with van der Waals surface area (Å²) >= 11 is 3.84. The number of allylic oxidation sites excluding steroid dienone is 4. The van der Waals surface area contributed by atoms with E-state index in [0.717, 1.165) is 23.1 Å². The molecule has 0 N–H and O–H groups in total. The molecule has 0 saturated heterocycles. The fraction of sp³-hybridized carbons (Fsp3) is 0.154. The Morgan fingerprint density at radius 1 is 0.786 bits per heavy atom. The Morgan fingerprint density at radius 3 is 2.25 bits per heavy atom. The Hall–Kier alpha value is -2.58. The van der Waals surface area contributed by atoms with Crippen LogP contribution in [0.1, 0.15) is 35.1 Å². The van der Waals surface area contributed by atoms with E-state index in [1.165, 1.54) is 44.5 Å². The highest BCUT2D eigenvalue weighted by atomic mass is 79.9. The molecule has 2 heteroatoms. The van der Waals surface area contributed by atoms with E-state index in [9.17, 15) is 0 Å². The molecule has 3 aromatic rings. The van der Waals surface area contributed by atoms with Gasteiger partial charge in [-0.1, -0.05) is 76.6 Å². The summed E-state index contributed by atoms with van der Waals surface area (Å²) in [6.45, 7) is 0. The predicted octanol–water partition coefficient (Wildman–Crippen LogP) is 6.86. The average Bonchev–Trinajstić information content (AvgIpc) is 3.21. The second kappa shape index (κ2) is 5.71. The van der Waals surface area contributed by atoms with Gasteiger partial charge in [-0.15, -0.1) is 0 Å². The maximum absolute atomic E-state index is 5.72. The monoisotopic (exact) mass is 426 g/mol. The van der Waals surface area contributed by atoms with Crippen molar-refractivity contribution in [3.05, 3.63) is 111 Å². The van der Waals surface area contributed by atoms with Crippen LogP contribution >= 0.6 is 15.9 Å². The second-order valence-electron chi connectivity index (χ2n) is 7.71. The first kappa shape index (κ1) is 16.4. The molecule has 28 heavy (non-hydrogen) atoms. The van der Waals surface area contributed by atoms with Gasteiger partial charge in [-0.3, -0.25) is 0 Å². The Morgan fingerprint density at radius 2 is 1.46 bits per heavy atom. The largest absolute Gasteiger partial charge is 0.501 e. The maximum Gasteiger partial charge on any atom is 0.0962 e. The van der Waals surface area contributed by atoms with Gasteiger partial charge in [-0.2, -0.15) is 0 Å². The number of methoxy groups -OCH3 is 1. The van der Waals surface area contributed by atoms with Crippen LogP contribution in [0.5, 0.6) is 0 Å². The lowest BCUT2D eigenvalue weighted by molar-refractivity contribution is 0.276. The molecule has 0 heterocycles. The van der Waals surface area contributed by atoms with Gasteiger partial charge in [-0.05, 0) is 57.5 Å².